The van der Waals surface area contributed by atoms with Crippen molar-refractivity contribution in [2.75, 3.05) is 4.61 Å². The Morgan fingerprint density at radius 2 is 1.80 bits per heavy atom. The maximum Gasteiger partial charge on any atom is 0.430 e. The van der Waals surface area contributed by atoms with Crippen molar-refractivity contribution in [2.24, 2.45) is 0 Å². The van der Waals surface area contributed by atoms with Gasteiger partial charge in [0, 0.05) is 5.56 Å². The Kier molecular flexibility index (Phi) is 4.31. The zero-order valence-corrected chi connectivity index (χ0v) is 14.6. The van der Waals surface area contributed by atoms with Crippen LogP contribution in [0.15, 0.2) is 28.7 Å². The third kappa shape index (κ3) is 4.48. The number of halogens is 9. The highest BCUT2D eigenvalue weighted by molar-refractivity contribution is 14.1. The van der Waals surface area contributed by atoms with E-state index in [-0.39, 0.29) is 16.7 Å². The zero-order valence-electron chi connectivity index (χ0n) is 11.6. The Balaban J connectivity index is 2.61. The van der Waals surface area contributed by atoms with Gasteiger partial charge in [-0.05, 0) is 46.9 Å². The average molecular weight is 510 g/mol. The molecule has 1 aromatic rings. The topological polar surface area (TPSA) is 35.5 Å². The van der Waals surface area contributed by atoms with E-state index >= 15 is 0 Å². The quantitative estimate of drug-likeness (QED) is 0.217. The van der Waals surface area contributed by atoms with E-state index in [2.05, 4.69) is 9.47 Å². The number of fused-ring (bicyclic) bond motifs is 1. The minimum absolute atomic E-state index is 0.0686. The molecule has 25 heavy (non-hydrogen) atoms. The molecule has 0 fully saturated rings. The minimum atomic E-state index is -10.0. The fourth-order valence-electron chi connectivity index (χ4n) is 1.96. The van der Waals surface area contributed by atoms with Gasteiger partial charge in [0.25, 0.3) is 0 Å². The molecule has 142 valence electrons. The number of hydrogen-bond acceptors (Lipinski definition) is 3. The highest BCUT2D eigenvalue weighted by Crippen LogP contribution is 3.02. The van der Waals surface area contributed by atoms with Crippen molar-refractivity contribution in [3.05, 3.63) is 29.3 Å². The molecular weight excluding hydrogens is 503 g/mol. The first-order valence-electron chi connectivity index (χ1n) is 6.09. The maximum atomic E-state index is 13.0. The summed E-state index contributed by atoms with van der Waals surface area (Å²) in [5.41, 5.74) is -1.89. The number of rotatable bonds is 3. The monoisotopic (exact) mass is 510 g/mol. The van der Waals surface area contributed by atoms with Crippen molar-refractivity contribution in [3.63, 3.8) is 0 Å². The van der Waals surface area contributed by atoms with Crippen molar-refractivity contribution >= 4 is 44.9 Å². The maximum absolute atomic E-state index is 13.0. The van der Waals surface area contributed by atoms with Gasteiger partial charge in [-0.3, -0.25) is 0 Å². The van der Waals surface area contributed by atoms with Gasteiger partial charge < -0.3 is 9.47 Å². The third-order valence-electron chi connectivity index (χ3n) is 2.98. The summed E-state index contributed by atoms with van der Waals surface area (Å²) in [6, 6.07) is 0.203. The number of hydrogen-bond donors (Lipinski definition) is 0. The standard InChI is InChI=1S/C12H7F8IO3S/c13-12(14,15)10-8(11(22)23-5-21)4-6-3-7(1-2-9(6)24-10)25(16,17,18,19)20/h1-4,10H,5H2. The molecule has 2 rings (SSSR count). The number of benzene rings is 1. The van der Waals surface area contributed by atoms with Crippen LogP contribution < -0.4 is 4.74 Å². The fraction of sp³-hybridized carbons (Fsp3) is 0.250. The molecule has 1 atom stereocenters. The van der Waals surface area contributed by atoms with Crippen LogP contribution in [0.5, 0.6) is 5.75 Å². The molecule has 0 aliphatic carbocycles. The Morgan fingerprint density at radius 1 is 1.20 bits per heavy atom. The summed E-state index contributed by atoms with van der Waals surface area (Å²) in [5.74, 6) is -2.21. The van der Waals surface area contributed by atoms with Crippen LogP contribution in [0.3, 0.4) is 0 Å². The molecule has 1 aliphatic rings. The van der Waals surface area contributed by atoms with Gasteiger partial charge in [0.1, 0.15) is 15.3 Å². The van der Waals surface area contributed by atoms with Crippen LogP contribution in [0, 0.1) is 0 Å². The SMILES string of the molecule is O=C(OCI)C1=Cc2cc(S(F)(F)(F)(F)F)ccc2OC1C(F)(F)F. The predicted octanol–water partition coefficient (Wildman–Crippen LogP) is 5.99. The van der Waals surface area contributed by atoms with Gasteiger partial charge in [0.05, 0.1) is 5.57 Å². The molecule has 1 aromatic carbocycles. The molecule has 0 spiro atoms. The lowest BCUT2D eigenvalue weighted by Crippen LogP contribution is -2.40. The van der Waals surface area contributed by atoms with Crippen LogP contribution in [-0.2, 0) is 9.53 Å². The lowest BCUT2D eigenvalue weighted by atomic mass is 10.0. The fourth-order valence-corrected chi connectivity index (χ4v) is 2.92. The molecule has 0 saturated carbocycles. The van der Waals surface area contributed by atoms with Crippen molar-refractivity contribution < 1.29 is 46.9 Å². The molecule has 13 heteroatoms. The second-order valence-electron chi connectivity index (χ2n) is 4.85. The normalized spacial score (nSPS) is 20.5. The Hall–Kier alpha value is -1.25. The lowest BCUT2D eigenvalue weighted by molar-refractivity contribution is -0.187. The Labute approximate surface area is 148 Å². The Bertz CT molecular complexity index is 756. The van der Waals surface area contributed by atoms with Gasteiger partial charge in [-0.25, -0.2) is 4.79 Å². The summed E-state index contributed by atoms with van der Waals surface area (Å²) < 4.78 is 112. The van der Waals surface area contributed by atoms with Crippen LogP contribution >= 0.6 is 32.8 Å². The molecular formula is C12H7F8IO3S. The average Bonchev–Trinajstić information content (AvgIpc) is 2.42. The van der Waals surface area contributed by atoms with Crippen molar-refractivity contribution in [3.8, 4) is 5.75 Å². The van der Waals surface area contributed by atoms with Gasteiger partial charge in [-0.2, -0.15) is 13.2 Å². The molecule has 3 nitrogen and oxygen atoms in total. The van der Waals surface area contributed by atoms with E-state index in [1.807, 2.05) is 0 Å². The van der Waals surface area contributed by atoms with Crippen LogP contribution in [0.25, 0.3) is 6.08 Å². The zero-order chi connectivity index (χ0) is 19.3. The predicted molar refractivity (Wildman–Crippen MR) is 81.3 cm³/mol. The van der Waals surface area contributed by atoms with E-state index in [0.29, 0.717) is 12.1 Å². The summed E-state index contributed by atoms with van der Waals surface area (Å²) in [4.78, 5) is 9.32. The molecule has 1 unspecified atom stereocenters. The van der Waals surface area contributed by atoms with Gasteiger partial charge in [0.15, 0.2) is 0 Å². The largest absolute Gasteiger partial charge is 0.475 e. The number of esters is 1. The number of carbonyl (C=O) groups is 1. The molecule has 0 radical (unpaired) electrons. The van der Waals surface area contributed by atoms with E-state index in [4.69, 9.17) is 0 Å². The number of carbonyl (C=O) groups excluding carboxylic acids is 1. The second-order valence-corrected chi connectivity index (χ2v) is 7.88. The molecule has 0 N–H and O–H groups in total. The van der Waals surface area contributed by atoms with Crippen molar-refractivity contribution in [1.29, 1.82) is 0 Å². The Morgan fingerprint density at radius 3 is 2.28 bits per heavy atom. The molecule has 0 saturated heterocycles. The lowest BCUT2D eigenvalue weighted by Gasteiger charge is -2.41. The van der Waals surface area contributed by atoms with E-state index in [1.165, 1.54) is 22.6 Å². The van der Waals surface area contributed by atoms with Gasteiger partial charge in [-0.1, -0.05) is 19.4 Å². The van der Waals surface area contributed by atoms with Crippen LogP contribution in [0.2, 0.25) is 0 Å². The third-order valence-corrected chi connectivity index (χ3v) is 4.44. The second kappa shape index (κ2) is 5.37. The van der Waals surface area contributed by atoms with Crippen LogP contribution in [0.4, 0.5) is 32.6 Å². The van der Waals surface area contributed by atoms with E-state index in [9.17, 15) is 37.4 Å². The van der Waals surface area contributed by atoms with E-state index in [0.717, 1.165) is 0 Å². The minimum Gasteiger partial charge on any atom is -0.475 e. The van der Waals surface area contributed by atoms with Gasteiger partial charge in [-0.15, -0.1) is 0 Å². The van der Waals surface area contributed by atoms with E-state index < -0.39 is 50.3 Å². The highest BCUT2D eigenvalue weighted by Gasteiger charge is 2.65. The first kappa shape index (κ1) is 20.1. The van der Waals surface area contributed by atoms with Crippen LogP contribution in [0.1, 0.15) is 5.56 Å². The molecule has 0 aromatic heterocycles. The summed E-state index contributed by atoms with van der Waals surface area (Å²) in [7, 11) is -10.0. The highest BCUT2D eigenvalue weighted by atomic mass is 127. The van der Waals surface area contributed by atoms with E-state index in [1.54, 1.807) is 0 Å². The first-order valence-corrected chi connectivity index (χ1v) is 9.57. The summed E-state index contributed by atoms with van der Waals surface area (Å²) in [6.45, 7) is 0. The summed E-state index contributed by atoms with van der Waals surface area (Å²) in [5, 5.41) is 0. The first-order chi connectivity index (χ1) is 11.0. The van der Waals surface area contributed by atoms with Gasteiger partial charge in [0.2, 0.25) is 6.10 Å². The van der Waals surface area contributed by atoms with Crippen molar-refractivity contribution in [2.45, 2.75) is 17.2 Å². The van der Waals surface area contributed by atoms with Gasteiger partial charge >= 0.3 is 22.4 Å². The molecule has 1 aliphatic heterocycles. The molecule has 0 bridgehead atoms. The molecule has 0 amide bonds. The van der Waals surface area contributed by atoms with Crippen LogP contribution in [-0.4, -0.2) is 22.9 Å². The summed E-state index contributed by atoms with van der Waals surface area (Å²) >= 11 is 1.51. The molecule has 1 heterocycles. The smallest absolute Gasteiger partial charge is 0.430 e. The number of ether oxygens (including phenoxy) is 2. The summed E-state index contributed by atoms with van der Waals surface area (Å²) in [6.07, 6.45) is -7.47. The number of alkyl halides is 4. The van der Waals surface area contributed by atoms with Crippen molar-refractivity contribution in [1.82, 2.24) is 0 Å².